The van der Waals surface area contributed by atoms with Gasteiger partial charge in [-0.05, 0) is 40.8 Å². The predicted octanol–water partition coefficient (Wildman–Crippen LogP) is 2.51. The fourth-order valence-electron chi connectivity index (χ4n) is 3.21. The number of methoxy groups -OCH3 is 1. The molecule has 0 amide bonds. The topological polar surface area (TPSA) is 78.8 Å². The molecule has 1 saturated carbocycles. The number of nitrogen functional groups attached to an aromatic ring is 1. The monoisotopic (exact) mass is 287 g/mol. The highest BCUT2D eigenvalue weighted by Crippen LogP contribution is 2.40. The molecule has 2 N–H and O–H groups in total. The number of nitrogens with two attached hydrogens (primary N) is 1. The van der Waals surface area contributed by atoms with E-state index in [1.807, 2.05) is 22.9 Å². The lowest BCUT2D eigenvalue weighted by Crippen LogP contribution is -2.21. The Bertz CT molecular complexity index is 631. The SMILES string of the molecule is COc1c(N)cccc1-c1nnnn1CC1(C)CCCC1. The molecule has 0 saturated heterocycles. The second-order valence-corrected chi connectivity index (χ2v) is 6.11. The molecular formula is C15H21N5O. The van der Waals surface area contributed by atoms with Crippen molar-refractivity contribution in [3.05, 3.63) is 18.2 Å². The van der Waals surface area contributed by atoms with Crippen molar-refractivity contribution >= 4 is 5.69 Å². The minimum Gasteiger partial charge on any atom is -0.494 e. The first-order valence-corrected chi connectivity index (χ1v) is 7.32. The zero-order valence-corrected chi connectivity index (χ0v) is 12.5. The third-order valence-electron chi connectivity index (χ3n) is 4.36. The highest BCUT2D eigenvalue weighted by molar-refractivity contribution is 5.73. The number of para-hydroxylation sites is 1. The largest absolute Gasteiger partial charge is 0.494 e. The van der Waals surface area contributed by atoms with Gasteiger partial charge >= 0.3 is 0 Å². The van der Waals surface area contributed by atoms with Crippen LogP contribution in [-0.4, -0.2) is 27.3 Å². The molecule has 1 fully saturated rings. The molecule has 1 aliphatic rings. The Hall–Kier alpha value is -2.11. The van der Waals surface area contributed by atoms with E-state index in [9.17, 15) is 0 Å². The molecule has 0 bridgehead atoms. The number of tetrazole rings is 1. The summed E-state index contributed by atoms with van der Waals surface area (Å²) in [5, 5.41) is 12.2. The Labute approximate surface area is 124 Å². The lowest BCUT2D eigenvalue weighted by atomic mass is 9.89. The predicted molar refractivity (Wildman–Crippen MR) is 80.8 cm³/mol. The smallest absolute Gasteiger partial charge is 0.185 e. The summed E-state index contributed by atoms with van der Waals surface area (Å²) in [6, 6.07) is 5.65. The van der Waals surface area contributed by atoms with Crippen molar-refractivity contribution < 1.29 is 4.74 Å². The van der Waals surface area contributed by atoms with E-state index in [4.69, 9.17) is 10.5 Å². The molecule has 2 aromatic rings. The Morgan fingerprint density at radius 3 is 2.81 bits per heavy atom. The van der Waals surface area contributed by atoms with Gasteiger partial charge in [0.25, 0.3) is 0 Å². The van der Waals surface area contributed by atoms with E-state index < -0.39 is 0 Å². The molecule has 6 heteroatoms. The van der Waals surface area contributed by atoms with E-state index in [0.29, 0.717) is 17.3 Å². The van der Waals surface area contributed by atoms with Gasteiger partial charge in [-0.2, -0.15) is 0 Å². The minimum absolute atomic E-state index is 0.275. The van der Waals surface area contributed by atoms with Gasteiger partial charge in [-0.25, -0.2) is 4.68 Å². The van der Waals surface area contributed by atoms with Crippen molar-refractivity contribution in [2.24, 2.45) is 5.41 Å². The van der Waals surface area contributed by atoms with E-state index in [1.54, 1.807) is 7.11 Å². The van der Waals surface area contributed by atoms with Crippen molar-refractivity contribution in [2.45, 2.75) is 39.2 Å². The molecule has 21 heavy (non-hydrogen) atoms. The van der Waals surface area contributed by atoms with Gasteiger partial charge in [0.1, 0.15) is 0 Å². The summed E-state index contributed by atoms with van der Waals surface area (Å²) >= 11 is 0. The van der Waals surface area contributed by atoms with Crippen LogP contribution < -0.4 is 10.5 Å². The Morgan fingerprint density at radius 1 is 1.33 bits per heavy atom. The van der Waals surface area contributed by atoms with Gasteiger partial charge in [0.15, 0.2) is 11.6 Å². The molecule has 0 aliphatic heterocycles. The number of anilines is 1. The second-order valence-electron chi connectivity index (χ2n) is 6.11. The Kier molecular flexibility index (Phi) is 3.53. The molecule has 0 radical (unpaired) electrons. The van der Waals surface area contributed by atoms with Gasteiger partial charge in [0.05, 0.1) is 24.9 Å². The maximum Gasteiger partial charge on any atom is 0.185 e. The van der Waals surface area contributed by atoms with Crippen LogP contribution >= 0.6 is 0 Å². The van der Waals surface area contributed by atoms with Crippen LogP contribution in [0.4, 0.5) is 5.69 Å². The van der Waals surface area contributed by atoms with Gasteiger partial charge < -0.3 is 10.5 Å². The second kappa shape index (κ2) is 5.35. The van der Waals surface area contributed by atoms with Gasteiger partial charge in [-0.3, -0.25) is 0 Å². The molecule has 1 aromatic heterocycles. The third kappa shape index (κ3) is 2.57. The van der Waals surface area contributed by atoms with Crippen molar-refractivity contribution in [1.29, 1.82) is 0 Å². The first-order valence-electron chi connectivity index (χ1n) is 7.32. The van der Waals surface area contributed by atoms with Crippen LogP contribution in [0, 0.1) is 5.41 Å². The van der Waals surface area contributed by atoms with Gasteiger partial charge in [-0.15, -0.1) is 5.10 Å². The molecule has 1 aliphatic carbocycles. The minimum atomic E-state index is 0.275. The van der Waals surface area contributed by atoms with Gasteiger partial charge in [0, 0.05) is 0 Å². The summed E-state index contributed by atoms with van der Waals surface area (Å²) < 4.78 is 7.29. The quantitative estimate of drug-likeness (QED) is 0.874. The first-order chi connectivity index (χ1) is 10.1. The average molecular weight is 287 g/mol. The highest BCUT2D eigenvalue weighted by atomic mass is 16.5. The number of hydrogen-bond acceptors (Lipinski definition) is 5. The van der Waals surface area contributed by atoms with Crippen molar-refractivity contribution in [1.82, 2.24) is 20.2 Å². The maximum atomic E-state index is 5.97. The lowest BCUT2D eigenvalue weighted by molar-refractivity contribution is 0.267. The van der Waals surface area contributed by atoms with Crippen LogP contribution in [0.3, 0.4) is 0 Å². The maximum absolute atomic E-state index is 5.97. The first kappa shape index (κ1) is 13.9. The number of hydrogen-bond donors (Lipinski definition) is 1. The summed E-state index contributed by atoms with van der Waals surface area (Å²) in [5.41, 5.74) is 7.68. The number of benzene rings is 1. The van der Waals surface area contributed by atoms with Gasteiger partial charge in [0.2, 0.25) is 0 Å². The number of ether oxygens (including phenoxy) is 1. The number of aromatic nitrogens is 4. The number of nitrogens with zero attached hydrogens (tertiary/aromatic N) is 4. The molecule has 0 unspecified atom stereocenters. The zero-order chi connectivity index (χ0) is 14.9. The normalized spacial score (nSPS) is 17.0. The summed E-state index contributed by atoms with van der Waals surface area (Å²) in [4.78, 5) is 0. The Morgan fingerprint density at radius 2 is 2.10 bits per heavy atom. The van der Waals surface area contributed by atoms with Crippen LogP contribution in [0.25, 0.3) is 11.4 Å². The zero-order valence-electron chi connectivity index (χ0n) is 12.5. The molecular weight excluding hydrogens is 266 g/mol. The van der Waals surface area contributed by atoms with Crippen LogP contribution in [0.5, 0.6) is 5.75 Å². The summed E-state index contributed by atoms with van der Waals surface area (Å²) in [5.74, 6) is 1.34. The van der Waals surface area contributed by atoms with Gasteiger partial charge in [-0.1, -0.05) is 25.8 Å². The number of rotatable bonds is 4. The standard InChI is InChI=1S/C15H21N5O/c1-15(8-3-4-9-15)10-20-14(17-18-19-20)11-6-5-7-12(16)13(11)21-2/h5-7H,3-4,8-10,16H2,1-2H3. The van der Waals surface area contributed by atoms with Crippen molar-refractivity contribution in [3.63, 3.8) is 0 Å². The summed E-state index contributed by atoms with van der Waals surface area (Å²) in [7, 11) is 1.61. The highest BCUT2D eigenvalue weighted by Gasteiger charge is 2.31. The van der Waals surface area contributed by atoms with Crippen molar-refractivity contribution in [2.75, 3.05) is 12.8 Å². The van der Waals surface area contributed by atoms with E-state index >= 15 is 0 Å². The molecule has 1 heterocycles. The Balaban J connectivity index is 1.98. The molecule has 0 atom stereocenters. The van der Waals surface area contributed by atoms with Crippen LogP contribution in [0.15, 0.2) is 18.2 Å². The summed E-state index contributed by atoms with van der Waals surface area (Å²) in [6.07, 6.45) is 5.02. The molecule has 112 valence electrons. The molecule has 1 aromatic carbocycles. The van der Waals surface area contributed by atoms with Crippen LogP contribution in [-0.2, 0) is 6.54 Å². The van der Waals surface area contributed by atoms with E-state index in [2.05, 4.69) is 22.4 Å². The van der Waals surface area contributed by atoms with E-state index in [-0.39, 0.29) is 5.41 Å². The molecule has 6 nitrogen and oxygen atoms in total. The fraction of sp³-hybridized carbons (Fsp3) is 0.533. The van der Waals surface area contributed by atoms with E-state index in [1.165, 1.54) is 25.7 Å². The average Bonchev–Trinajstić information content (AvgIpc) is 3.08. The third-order valence-corrected chi connectivity index (χ3v) is 4.36. The van der Waals surface area contributed by atoms with E-state index in [0.717, 1.165) is 12.1 Å². The lowest BCUT2D eigenvalue weighted by Gasteiger charge is -2.23. The van der Waals surface area contributed by atoms with Crippen molar-refractivity contribution in [3.8, 4) is 17.1 Å². The molecule has 3 rings (SSSR count). The summed E-state index contributed by atoms with van der Waals surface area (Å²) in [6.45, 7) is 3.13. The van der Waals surface area contributed by atoms with Crippen LogP contribution in [0.2, 0.25) is 0 Å². The van der Waals surface area contributed by atoms with Crippen LogP contribution in [0.1, 0.15) is 32.6 Å². The fourth-order valence-corrected chi connectivity index (χ4v) is 3.21. The molecule has 0 spiro atoms.